The van der Waals surface area contributed by atoms with Crippen molar-refractivity contribution < 1.29 is 14.3 Å². The van der Waals surface area contributed by atoms with E-state index in [1.807, 2.05) is 45.9 Å². The maximum atomic E-state index is 12.5. The number of nitrogens with one attached hydrogen (secondary N) is 1. The Bertz CT molecular complexity index is 501. The molecule has 0 aliphatic heterocycles. The average molecular weight is 321 g/mol. The third-order valence-electron chi connectivity index (χ3n) is 3.97. The van der Waals surface area contributed by atoms with Crippen LogP contribution >= 0.6 is 0 Å². The smallest absolute Gasteiger partial charge is 0.256 e. The highest BCUT2D eigenvalue weighted by Gasteiger charge is 2.32. The number of hydrogen-bond donors (Lipinski definition) is 1. The van der Waals surface area contributed by atoms with Crippen molar-refractivity contribution in [2.45, 2.75) is 65.9 Å². The number of rotatable bonds is 10. The minimum absolute atomic E-state index is 0.104. The lowest BCUT2D eigenvalue weighted by Gasteiger charge is -2.27. The largest absolute Gasteiger partial charge is 0.493 e. The quantitative estimate of drug-likeness (QED) is 0.635. The molecule has 1 atom stereocenters. The van der Waals surface area contributed by atoms with E-state index in [-0.39, 0.29) is 5.91 Å². The van der Waals surface area contributed by atoms with Crippen LogP contribution in [0.2, 0.25) is 0 Å². The topological polar surface area (TPSA) is 47.6 Å². The van der Waals surface area contributed by atoms with Crippen LogP contribution in [0.5, 0.6) is 5.75 Å². The lowest BCUT2D eigenvalue weighted by Crippen LogP contribution is -2.42. The molecule has 1 amide bonds. The number of anilines is 1. The van der Waals surface area contributed by atoms with E-state index in [4.69, 9.17) is 9.47 Å². The van der Waals surface area contributed by atoms with Crippen molar-refractivity contribution in [1.29, 1.82) is 0 Å². The summed E-state index contributed by atoms with van der Waals surface area (Å²) in [4.78, 5) is 12.5. The van der Waals surface area contributed by atoms with Crippen molar-refractivity contribution in [3.63, 3.8) is 0 Å². The van der Waals surface area contributed by atoms with Crippen LogP contribution in [0.25, 0.3) is 0 Å². The third kappa shape index (κ3) is 5.87. The first-order valence-electron chi connectivity index (χ1n) is 8.65. The molecule has 1 aromatic carbocycles. The van der Waals surface area contributed by atoms with Gasteiger partial charge in [-0.1, -0.05) is 27.2 Å². The molecule has 0 saturated carbocycles. The van der Waals surface area contributed by atoms with Gasteiger partial charge in [0.2, 0.25) is 0 Å². The van der Waals surface area contributed by atoms with Gasteiger partial charge in [-0.2, -0.15) is 0 Å². The first kappa shape index (κ1) is 19.5. The van der Waals surface area contributed by atoms with Crippen LogP contribution in [0.15, 0.2) is 18.2 Å². The summed E-state index contributed by atoms with van der Waals surface area (Å²) in [5, 5.41) is 2.96. The van der Waals surface area contributed by atoms with Crippen molar-refractivity contribution in [3.05, 3.63) is 23.8 Å². The van der Waals surface area contributed by atoms with Crippen LogP contribution in [-0.2, 0) is 9.53 Å². The second kappa shape index (κ2) is 9.56. The standard InChI is InChI=1S/C19H31NO3/c1-6-9-13-22-17-11-10-16(14-15(17)4)20-18(21)19(5,8-3)23-12-7-2/h10-11,14H,6-9,12-13H2,1-5H3,(H,20,21)/t19-/m1/s1. The number of unbranched alkanes of at least 4 members (excludes halogenated alkanes) is 1. The number of hydrogen-bond acceptors (Lipinski definition) is 3. The number of carbonyl (C=O) groups excluding carboxylic acids is 1. The number of carbonyl (C=O) groups is 1. The van der Waals surface area contributed by atoms with Gasteiger partial charge in [0.05, 0.1) is 6.61 Å². The monoisotopic (exact) mass is 321 g/mol. The van der Waals surface area contributed by atoms with Gasteiger partial charge in [0, 0.05) is 12.3 Å². The van der Waals surface area contributed by atoms with Crippen LogP contribution in [0.4, 0.5) is 5.69 Å². The molecule has 0 heterocycles. The molecule has 130 valence electrons. The Labute approximate surface area is 140 Å². The van der Waals surface area contributed by atoms with Gasteiger partial charge < -0.3 is 14.8 Å². The Morgan fingerprint density at radius 3 is 2.48 bits per heavy atom. The molecule has 0 fully saturated rings. The molecule has 1 N–H and O–H groups in total. The SMILES string of the molecule is CCCCOc1ccc(NC(=O)[C@@](C)(CC)OCCC)cc1C. The minimum atomic E-state index is -0.791. The van der Waals surface area contributed by atoms with Gasteiger partial charge in [0.15, 0.2) is 0 Å². The summed E-state index contributed by atoms with van der Waals surface area (Å²) >= 11 is 0. The second-order valence-corrected chi connectivity index (χ2v) is 6.07. The molecule has 0 spiro atoms. The summed E-state index contributed by atoms with van der Waals surface area (Å²) in [6.45, 7) is 11.3. The minimum Gasteiger partial charge on any atom is -0.493 e. The van der Waals surface area contributed by atoms with E-state index in [2.05, 4.69) is 12.2 Å². The molecule has 23 heavy (non-hydrogen) atoms. The van der Waals surface area contributed by atoms with Gasteiger partial charge in [-0.05, 0) is 56.9 Å². The Morgan fingerprint density at radius 1 is 1.17 bits per heavy atom. The summed E-state index contributed by atoms with van der Waals surface area (Å²) in [6, 6.07) is 5.73. The van der Waals surface area contributed by atoms with Crippen molar-refractivity contribution in [2.24, 2.45) is 0 Å². The van der Waals surface area contributed by atoms with Crippen LogP contribution in [-0.4, -0.2) is 24.7 Å². The summed E-state index contributed by atoms with van der Waals surface area (Å²) in [7, 11) is 0. The van der Waals surface area contributed by atoms with Crippen LogP contribution in [0.1, 0.15) is 58.9 Å². The Hall–Kier alpha value is -1.55. The van der Waals surface area contributed by atoms with E-state index in [9.17, 15) is 4.79 Å². The lowest BCUT2D eigenvalue weighted by atomic mass is 10.0. The van der Waals surface area contributed by atoms with Crippen LogP contribution < -0.4 is 10.1 Å². The molecule has 0 saturated heterocycles. The summed E-state index contributed by atoms with van der Waals surface area (Å²) < 4.78 is 11.5. The molecule has 1 aromatic rings. The number of amides is 1. The van der Waals surface area contributed by atoms with E-state index in [1.54, 1.807) is 0 Å². The zero-order valence-corrected chi connectivity index (χ0v) is 15.2. The molecular formula is C19H31NO3. The fourth-order valence-electron chi connectivity index (χ4n) is 2.13. The van der Waals surface area contributed by atoms with E-state index in [0.717, 1.165) is 42.9 Å². The first-order valence-corrected chi connectivity index (χ1v) is 8.65. The van der Waals surface area contributed by atoms with E-state index in [0.29, 0.717) is 13.0 Å². The molecule has 0 unspecified atom stereocenters. The molecular weight excluding hydrogens is 290 g/mol. The van der Waals surface area contributed by atoms with Gasteiger partial charge in [-0.15, -0.1) is 0 Å². The molecule has 4 heteroatoms. The van der Waals surface area contributed by atoms with Crippen molar-refractivity contribution >= 4 is 11.6 Å². The maximum Gasteiger partial charge on any atom is 0.256 e. The fourth-order valence-corrected chi connectivity index (χ4v) is 2.13. The normalized spacial score (nSPS) is 13.4. The van der Waals surface area contributed by atoms with Gasteiger partial charge in [0.25, 0.3) is 5.91 Å². The van der Waals surface area contributed by atoms with Crippen molar-refractivity contribution in [3.8, 4) is 5.75 Å². The molecule has 1 rings (SSSR count). The second-order valence-electron chi connectivity index (χ2n) is 6.07. The van der Waals surface area contributed by atoms with Gasteiger partial charge in [0.1, 0.15) is 11.4 Å². The molecule has 0 aromatic heterocycles. The van der Waals surface area contributed by atoms with E-state index < -0.39 is 5.60 Å². The third-order valence-corrected chi connectivity index (χ3v) is 3.97. The van der Waals surface area contributed by atoms with E-state index in [1.165, 1.54) is 0 Å². The molecule has 4 nitrogen and oxygen atoms in total. The number of aryl methyl sites for hydroxylation is 1. The Balaban J connectivity index is 2.72. The zero-order chi connectivity index (χ0) is 17.3. The van der Waals surface area contributed by atoms with Crippen LogP contribution in [0, 0.1) is 6.92 Å². The molecule has 0 aliphatic rings. The molecule has 0 aliphatic carbocycles. The zero-order valence-electron chi connectivity index (χ0n) is 15.2. The number of ether oxygens (including phenoxy) is 2. The summed E-state index contributed by atoms with van der Waals surface area (Å²) in [6.07, 6.45) is 3.68. The van der Waals surface area contributed by atoms with Gasteiger partial charge in [-0.3, -0.25) is 4.79 Å². The summed E-state index contributed by atoms with van der Waals surface area (Å²) in [5.74, 6) is 0.768. The summed E-state index contributed by atoms with van der Waals surface area (Å²) in [5.41, 5.74) is 1.00. The van der Waals surface area contributed by atoms with Gasteiger partial charge in [-0.25, -0.2) is 0 Å². The molecule has 0 bridgehead atoms. The number of benzene rings is 1. The van der Waals surface area contributed by atoms with Crippen molar-refractivity contribution in [1.82, 2.24) is 0 Å². The lowest BCUT2D eigenvalue weighted by molar-refractivity contribution is -0.139. The molecule has 0 radical (unpaired) electrons. The first-order chi connectivity index (χ1) is 11.0. The van der Waals surface area contributed by atoms with Gasteiger partial charge >= 0.3 is 0 Å². The highest BCUT2D eigenvalue weighted by molar-refractivity contribution is 5.97. The Kier molecular flexibility index (Phi) is 8.10. The average Bonchev–Trinajstić information content (AvgIpc) is 2.54. The van der Waals surface area contributed by atoms with Crippen LogP contribution in [0.3, 0.4) is 0 Å². The fraction of sp³-hybridized carbons (Fsp3) is 0.632. The highest BCUT2D eigenvalue weighted by Crippen LogP contribution is 2.24. The predicted molar refractivity (Wildman–Crippen MR) is 95.2 cm³/mol. The predicted octanol–water partition coefficient (Wildman–Crippen LogP) is 4.71. The highest BCUT2D eigenvalue weighted by atomic mass is 16.5. The Morgan fingerprint density at radius 2 is 1.91 bits per heavy atom. The van der Waals surface area contributed by atoms with E-state index >= 15 is 0 Å². The van der Waals surface area contributed by atoms with Crippen molar-refractivity contribution in [2.75, 3.05) is 18.5 Å². The maximum absolute atomic E-state index is 12.5.